The number of nitrogens with zero attached hydrogens (tertiary/aromatic N) is 2. The fourth-order valence-corrected chi connectivity index (χ4v) is 6.19. The Morgan fingerprint density at radius 3 is 2.55 bits per heavy atom. The Hall–Kier alpha value is -4.67. The van der Waals surface area contributed by atoms with Crippen molar-refractivity contribution >= 4 is 57.4 Å². The summed E-state index contributed by atoms with van der Waals surface area (Å²) in [4.78, 5) is 33.9. The highest BCUT2D eigenvalue weighted by molar-refractivity contribution is 6.32. The average Bonchev–Trinajstić information content (AvgIpc) is 3.47. The summed E-state index contributed by atoms with van der Waals surface area (Å²) in [6.07, 6.45) is 2.71. The summed E-state index contributed by atoms with van der Waals surface area (Å²) in [6.45, 7) is 6.66. The average molecular weight is 660 g/mol. The summed E-state index contributed by atoms with van der Waals surface area (Å²) in [5, 5.41) is 3.73. The molecule has 2 heterocycles. The van der Waals surface area contributed by atoms with Crippen LogP contribution >= 0.6 is 11.6 Å². The molecule has 3 aromatic carbocycles. The molecule has 1 aliphatic carbocycles. The molecular formula is C36H35ClFN3O6. The van der Waals surface area contributed by atoms with Gasteiger partial charge in [0.1, 0.15) is 17.3 Å². The molecule has 0 bridgehead atoms. The van der Waals surface area contributed by atoms with Crippen molar-refractivity contribution < 1.29 is 32.9 Å². The molecule has 0 unspecified atom stereocenters. The molecule has 47 heavy (non-hydrogen) atoms. The number of morpholine rings is 1. The number of nitrogens with one attached hydrogen (secondary N) is 1. The molecule has 2 aliphatic rings. The molecule has 0 saturated carbocycles. The molecule has 1 amide bonds. The molecule has 1 fully saturated rings. The van der Waals surface area contributed by atoms with Crippen LogP contribution in [-0.2, 0) is 20.7 Å². The van der Waals surface area contributed by atoms with Crippen molar-refractivity contribution in [2.45, 2.75) is 26.7 Å². The lowest BCUT2D eigenvalue weighted by atomic mass is 10.0. The summed E-state index contributed by atoms with van der Waals surface area (Å²) in [7, 11) is 0. The van der Waals surface area contributed by atoms with Crippen molar-refractivity contribution in [3.05, 3.63) is 87.8 Å². The number of anilines is 2. The van der Waals surface area contributed by atoms with Gasteiger partial charge in [0.25, 0.3) is 5.91 Å². The number of ether oxygens (including phenoxy) is 4. The van der Waals surface area contributed by atoms with Gasteiger partial charge in [-0.3, -0.25) is 4.79 Å². The topological polar surface area (TPSA) is 99.2 Å². The van der Waals surface area contributed by atoms with E-state index in [1.54, 1.807) is 36.4 Å². The third kappa shape index (κ3) is 6.89. The fourth-order valence-electron chi connectivity index (χ4n) is 5.97. The van der Waals surface area contributed by atoms with Crippen LogP contribution in [0.25, 0.3) is 22.6 Å². The van der Waals surface area contributed by atoms with Crippen LogP contribution < -0.4 is 19.7 Å². The molecular weight excluding hydrogens is 625 g/mol. The van der Waals surface area contributed by atoms with Crippen LogP contribution in [0.1, 0.15) is 47.4 Å². The zero-order valence-electron chi connectivity index (χ0n) is 26.2. The van der Waals surface area contributed by atoms with Crippen LogP contribution in [0.5, 0.6) is 11.5 Å². The number of hydrogen-bond acceptors (Lipinski definition) is 8. The predicted molar refractivity (Wildman–Crippen MR) is 180 cm³/mol. The van der Waals surface area contributed by atoms with Crippen molar-refractivity contribution in [2.24, 2.45) is 0 Å². The number of pyridine rings is 1. The molecule has 1 aliphatic heterocycles. The molecule has 1 N–H and O–H groups in total. The number of fused-ring (bicyclic) bond motifs is 2. The van der Waals surface area contributed by atoms with Crippen molar-refractivity contribution in [3.8, 4) is 11.5 Å². The second kappa shape index (κ2) is 14.4. The Labute approximate surface area is 277 Å². The van der Waals surface area contributed by atoms with E-state index >= 15 is 0 Å². The Kier molecular flexibility index (Phi) is 9.89. The summed E-state index contributed by atoms with van der Waals surface area (Å²) >= 11 is 6.30. The first-order valence-corrected chi connectivity index (χ1v) is 16.1. The van der Waals surface area contributed by atoms with E-state index in [-0.39, 0.29) is 10.6 Å². The monoisotopic (exact) mass is 659 g/mol. The minimum atomic E-state index is -0.650. The summed E-state index contributed by atoms with van der Waals surface area (Å²) < 4.78 is 37.6. The predicted octanol–water partition coefficient (Wildman–Crippen LogP) is 6.94. The maximum atomic E-state index is 14.6. The van der Waals surface area contributed by atoms with Gasteiger partial charge in [-0.05, 0) is 62.1 Å². The number of esters is 1. The quantitative estimate of drug-likeness (QED) is 0.183. The second-order valence-corrected chi connectivity index (χ2v) is 11.4. The number of para-hydroxylation sites is 1. The standard InChI is InChI=1S/C36H35ClFN3O6/c1-3-45-31-20-30(41-14-16-44-17-15-41)32(46-4-2)19-29(31)39-33(42)21-47-36(43)34-23-8-5-6-11-28(23)40-35-22(12-13-24(34)35)18-25-26(37)9-7-10-27(25)38/h5-11,18-20H,3-4,12-17,21H2,1-2H3,(H,39,42)/b22-18+. The number of benzene rings is 3. The van der Waals surface area contributed by atoms with Gasteiger partial charge in [-0.25, -0.2) is 14.2 Å². The number of halogens is 2. The SMILES string of the molecule is CCOc1cc(N2CCOCC2)c(OCC)cc1NC(=O)COC(=O)c1c2c(nc3ccccc13)/C(=C/c1c(F)cccc1Cl)CC2. The van der Waals surface area contributed by atoms with E-state index in [0.29, 0.717) is 97.3 Å². The number of allylic oxidation sites excluding steroid dienone is 1. The van der Waals surface area contributed by atoms with E-state index in [0.717, 1.165) is 11.3 Å². The van der Waals surface area contributed by atoms with Crippen LogP contribution in [0.3, 0.4) is 0 Å². The summed E-state index contributed by atoms with van der Waals surface area (Å²) in [6, 6.07) is 15.4. The van der Waals surface area contributed by atoms with Gasteiger partial charge >= 0.3 is 5.97 Å². The van der Waals surface area contributed by atoms with Crippen LogP contribution in [0.4, 0.5) is 15.8 Å². The maximum absolute atomic E-state index is 14.6. The number of amides is 1. The van der Waals surface area contributed by atoms with E-state index < -0.39 is 24.3 Å². The van der Waals surface area contributed by atoms with Crippen molar-refractivity contribution in [1.82, 2.24) is 4.98 Å². The Morgan fingerprint density at radius 2 is 1.79 bits per heavy atom. The van der Waals surface area contributed by atoms with Crippen molar-refractivity contribution in [1.29, 1.82) is 0 Å². The second-order valence-electron chi connectivity index (χ2n) is 11.0. The van der Waals surface area contributed by atoms with Crippen LogP contribution in [0.2, 0.25) is 5.02 Å². The molecule has 0 radical (unpaired) electrons. The lowest BCUT2D eigenvalue weighted by molar-refractivity contribution is -0.119. The van der Waals surface area contributed by atoms with Gasteiger partial charge in [-0.1, -0.05) is 35.9 Å². The minimum absolute atomic E-state index is 0.268. The smallest absolute Gasteiger partial charge is 0.339 e. The molecule has 1 saturated heterocycles. The van der Waals surface area contributed by atoms with Gasteiger partial charge in [0, 0.05) is 36.2 Å². The van der Waals surface area contributed by atoms with Crippen LogP contribution in [0.15, 0.2) is 54.6 Å². The Morgan fingerprint density at radius 1 is 1.02 bits per heavy atom. The molecule has 0 atom stereocenters. The zero-order valence-corrected chi connectivity index (χ0v) is 27.0. The number of aromatic nitrogens is 1. The number of hydrogen-bond donors (Lipinski definition) is 1. The maximum Gasteiger partial charge on any atom is 0.339 e. The molecule has 6 rings (SSSR count). The summed E-state index contributed by atoms with van der Waals surface area (Å²) in [5.74, 6) is -0.552. The lowest BCUT2D eigenvalue weighted by Gasteiger charge is -2.31. The fraction of sp³-hybridized carbons (Fsp3) is 0.306. The lowest BCUT2D eigenvalue weighted by Crippen LogP contribution is -2.36. The van der Waals surface area contributed by atoms with Gasteiger partial charge in [-0.15, -0.1) is 0 Å². The van der Waals surface area contributed by atoms with Gasteiger partial charge < -0.3 is 29.2 Å². The van der Waals surface area contributed by atoms with Gasteiger partial charge in [0.05, 0.1) is 59.6 Å². The van der Waals surface area contributed by atoms with Gasteiger partial charge in [0.2, 0.25) is 0 Å². The van der Waals surface area contributed by atoms with Crippen LogP contribution in [-0.4, -0.2) is 63.0 Å². The third-order valence-corrected chi connectivity index (χ3v) is 8.41. The molecule has 244 valence electrons. The molecule has 9 nitrogen and oxygen atoms in total. The molecule has 11 heteroatoms. The van der Waals surface area contributed by atoms with E-state index in [4.69, 9.17) is 35.5 Å². The number of carbonyl (C=O) groups is 2. The Bertz CT molecular complexity index is 1840. The Balaban J connectivity index is 1.25. The summed E-state index contributed by atoms with van der Waals surface area (Å²) in [5.41, 5.74) is 4.49. The van der Waals surface area contributed by atoms with E-state index in [1.807, 2.05) is 32.0 Å². The normalized spacial score (nSPS) is 15.1. The highest BCUT2D eigenvalue weighted by atomic mass is 35.5. The minimum Gasteiger partial charge on any atom is -0.492 e. The first kappa shape index (κ1) is 32.3. The van der Waals surface area contributed by atoms with E-state index in [1.165, 1.54) is 6.07 Å². The third-order valence-electron chi connectivity index (χ3n) is 8.09. The zero-order chi connectivity index (χ0) is 32.9. The molecule has 4 aromatic rings. The largest absolute Gasteiger partial charge is 0.492 e. The first-order valence-electron chi connectivity index (χ1n) is 15.7. The van der Waals surface area contributed by atoms with Crippen molar-refractivity contribution in [3.63, 3.8) is 0 Å². The van der Waals surface area contributed by atoms with Crippen LogP contribution in [0, 0.1) is 5.82 Å². The highest BCUT2D eigenvalue weighted by Gasteiger charge is 2.29. The van der Waals surface area contributed by atoms with Gasteiger partial charge in [-0.2, -0.15) is 0 Å². The van der Waals surface area contributed by atoms with Crippen molar-refractivity contribution in [2.75, 3.05) is 56.3 Å². The molecule has 0 spiro atoms. The number of carbonyl (C=O) groups excluding carboxylic acids is 2. The highest BCUT2D eigenvalue weighted by Crippen LogP contribution is 2.40. The van der Waals surface area contributed by atoms with E-state index in [9.17, 15) is 14.0 Å². The van der Waals surface area contributed by atoms with E-state index in [2.05, 4.69) is 10.2 Å². The molecule has 1 aromatic heterocycles. The number of rotatable bonds is 10. The van der Waals surface area contributed by atoms with Gasteiger partial charge in [0.15, 0.2) is 6.61 Å². The first-order chi connectivity index (χ1) is 22.9.